The van der Waals surface area contributed by atoms with Crippen molar-refractivity contribution in [3.05, 3.63) is 11.4 Å². The Balaban J connectivity index is 2.03. The molecule has 1 fully saturated rings. The number of nitrogens with two attached hydrogens (primary N) is 1. The van der Waals surface area contributed by atoms with Gasteiger partial charge in [-0.25, -0.2) is 0 Å². The van der Waals surface area contributed by atoms with Gasteiger partial charge in [-0.05, 0) is 31.8 Å². The highest BCUT2D eigenvalue weighted by Gasteiger charge is 2.26. The van der Waals surface area contributed by atoms with E-state index in [1.54, 1.807) is 4.90 Å². The smallest absolute Gasteiger partial charge is 0.276 e. The van der Waals surface area contributed by atoms with Crippen LogP contribution in [0.15, 0.2) is 0 Å². The average Bonchev–Trinajstić information content (AvgIpc) is 2.94. The van der Waals surface area contributed by atoms with Gasteiger partial charge in [0, 0.05) is 20.1 Å². The number of carbonyl (C=O) groups is 1. The topological polar surface area (TPSA) is 78.2 Å². The Kier molecular flexibility index (Phi) is 4.32. The minimum absolute atomic E-state index is 0.0970. The summed E-state index contributed by atoms with van der Waals surface area (Å²) in [5.74, 6) is 0.678. The molecule has 1 saturated heterocycles. The summed E-state index contributed by atoms with van der Waals surface area (Å²) in [5, 5.41) is 6.98. The average molecular weight is 279 g/mol. The quantitative estimate of drug-likeness (QED) is 0.866. The fourth-order valence-corrected chi connectivity index (χ4v) is 2.79. The second kappa shape index (κ2) is 5.83. The molecule has 2 rings (SSSR count). The Labute approximate surface area is 120 Å². The number of likely N-dealkylation sites (tertiary alicyclic amines) is 1. The monoisotopic (exact) mass is 279 g/mol. The first-order chi connectivity index (χ1) is 9.40. The molecule has 0 spiro atoms. The maximum Gasteiger partial charge on any atom is 0.276 e. The van der Waals surface area contributed by atoms with Crippen molar-refractivity contribution in [2.45, 2.75) is 26.2 Å². The number of aromatic amines is 1. The van der Waals surface area contributed by atoms with Crippen molar-refractivity contribution >= 4 is 11.6 Å². The second-order valence-corrected chi connectivity index (χ2v) is 6.16. The number of nitrogens with one attached hydrogen (secondary N) is 1. The molecular weight excluding hydrogens is 254 g/mol. The molecule has 1 aliphatic heterocycles. The maximum atomic E-state index is 12.4. The normalized spacial score (nSPS) is 19.8. The minimum Gasteiger partial charge on any atom is -0.395 e. The van der Waals surface area contributed by atoms with E-state index < -0.39 is 0 Å². The van der Waals surface area contributed by atoms with E-state index in [9.17, 15) is 4.79 Å². The van der Waals surface area contributed by atoms with Gasteiger partial charge < -0.3 is 15.5 Å². The summed E-state index contributed by atoms with van der Waals surface area (Å²) < 4.78 is 0. The Morgan fingerprint density at radius 1 is 1.60 bits per heavy atom. The Bertz CT molecular complexity index is 482. The van der Waals surface area contributed by atoms with Gasteiger partial charge in [0.05, 0.1) is 11.4 Å². The van der Waals surface area contributed by atoms with Crippen LogP contribution in [-0.4, -0.2) is 59.6 Å². The summed E-state index contributed by atoms with van der Waals surface area (Å²) in [6, 6.07) is 0. The van der Waals surface area contributed by atoms with E-state index in [1.165, 1.54) is 0 Å². The van der Waals surface area contributed by atoms with Gasteiger partial charge in [-0.2, -0.15) is 5.10 Å². The zero-order valence-corrected chi connectivity index (χ0v) is 12.8. The van der Waals surface area contributed by atoms with Crippen molar-refractivity contribution in [2.24, 2.45) is 5.92 Å². The van der Waals surface area contributed by atoms with Crippen LogP contribution in [0.1, 0.15) is 42.4 Å². The molecule has 1 aromatic heterocycles. The number of hydrogen-bond acceptors (Lipinski definition) is 4. The lowest BCUT2D eigenvalue weighted by atomic mass is 10.1. The number of hydrogen-bond donors (Lipinski definition) is 2. The fraction of sp³-hybridized carbons (Fsp3) is 0.714. The molecule has 0 saturated carbocycles. The molecule has 1 aliphatic rings. The van der Waals surface area contributed by atoms with E-state index in [1.807, 2.05) is 20.9 Å². The molecule has 3 N–H and O–H groups in total. The summed E-state index contributed by atoms with van der Waals surface area (Å²) >= 11 is 0. The van der Waals surface area contributed by atoms with Crippen LogP contribution >= 0.6 is 0 Å². The molecule has 20 heavy (non-hydrogen) atoms. The second-order valence-electron chi connectivity index (χ2n) is 6.16. The van der Waals surface area contributed by atoms with E-state index in [4.69, 9.17) is 5.73 Å². The number of carbonyl (C=O) groups excluding carboxylic acids is 1. The molecule has 0 aromatic carbocycles. The van der Waals surface area contributed by atoms with E-state index in [0.29, 0.717) is 17.3 Å². The molecule has 6 heteroatoms. The molecule has 1 aromatic rings. The van der Waals surface area contributed by atoms with Crippen LogP contribution in [-0.2, 0) is 0 Å². The third-order valence-electron chi connectivity index (χ3n) is 3.98. The Morgan fingerprint density at radius 2 is 2.30 bits per heavy atom. The number of aromatic nitrogens is 2. The van der Waals surface area contributed by atoms with Crippen molar-refractivity contribution < 1.29 is 4.79 Å². The SMILES string of the molecule is CC(C)c1[nH]nc(C(=O)N(C)CC2CCN(C)C2)c1N. The number of rotatable bonds is 4. The highest BCUT2D eigenvalue weighted by molar-refractivity contribution is 5.97. The summed E-state index contributed by atoms with van der Waals surface area (Å²) in [4.78, 5) is 16.5. The van der Waals surface area contributed by atoms with Gasteiger partial charge in [-0.3, -0.25) is 9.89 Å². The molecule has 112 valence electrons. The van der Waals surface area contributed by atoms with Crippen molar-refractivity contribution in [1.82, 2.24) is 20.0 Å². The molecule has 2 heterocycles. The molecule has 0 aliphatic carbocycles. The number of nitrogens with zero attached hydrogens (tertiary/aromatic N) is 3. The first-order valence-electron chi connectivity index (χ1n) is 7.17. The van der Waals surface area contributed by atoms with E-state index in [2.05, 4.69) is 22.1 Å². The number of amides is 1. The largest absolute Gasteiger partial charge is 0.395 e. The molecule has 1 amide bonds. The zero-order valence-electron chi connectivity index (χ0n) is 12.8. The van der Waals surface area contributed by atoms with Crippen LogP contribution < -0.4 is 5.73 Å². The van der Waals surface area contributed by atoms with Crippen LogP contribution in [0.2, 0.25) is 0 Å². The standard InChI is InChI=1S/C14H25N5O/c1-9(2)12-11(15)13(17-16-12)14(20)19(4)8-10-5-6-18(3)7-10/h9-10H,5-8,15H2,1-4H3,(H,16,17). The fourth-order valence-electron chi connectivity index (χ4n) is 2.79. The third kappa shape index (κ3) is 2.95. The van der Waals surface area contributed by atoms with Crippen molar-refractivity contribution in [3.63, 3.8) is 0 Å². The summed E-state index contributed by atoms with van der Waals surface area (Å²) in [6.45, 7) is 6.96. The van der Waals surface area contributed by atoms with Crippen molar-refractivity contribution in [3.8, 4) is 0 Å². The molecule has 6 nitrogen and oxygen atoms in total. The van der Waals surface area contributed by atoms with Crippen LogP contribution in [0.5, 0.6) is 0 Å². The molecular formula is C14H25N5O. The highest BCUT2D eigenvalue weighted by Crippen LogP contribution is 2.23. The van der Waals surface area contributed by atoms with E-state index in [-0.39, 0.29) is 11.8 Å². The molecule has 0 bridgehead atoms. The number of nitrogen functional groups attached to an aromatic ring is 1. The highest BCUT2D eigenvalue weighted by atomic mass is 16.2. The first kappa shape index (κ1) is 14.8. The zero-order chi connectivity index (χ0) is 14.9. The van der Waals surface area contributed by atoms with Crippen molar-refractivity contribution in [1.29, 1.82) is 0 Å². The van der Waals surface area contributed by atoms with E-state index in [0.717, 1.165) is 31.7 Å². The maximum absolute atomic E-state index is 12.4. The van der Waals surface area contributed by atoms with E-state index >= 15 is 0 Å². The van der Waals surface area contributed by atoms with Gasteiger partial charge in [0.2, 0.25) is 0 Å². The lowest BCUT2D eigenvalue weighted by Crippen LogP contribution is -2.33. The van der Waals surface area contributed by atoms with Gasteiger partial charge in [0.15, 0.2) is 5.69 Å². The molecule has 0 radical (unpaired) electrons. The van der Waals surface area contributed by atoms with Crippen LogP contribution in [0.25, 0.3) is 0 Å². The van der Waals surface area contributed by atoms with Gasteiger partial charge in [-0.15, -0.1) is 0 Å². The van der Waals surface area contributed by atoms with Crippen LogP contribution in [0, 0.1) is 5.92 Å². The summed E-state index contributed by atoms with van der Waals surface area (Å²) in [5.41, 5.74) is 7.70. The predicted octanol–water partition coefficient (Wildman–Crippen LogP) is 1.14. The third-order valence-corrected chi connectivity index (χ3v) is 3.98. The van der Waals surface area contributed by atoms with Gasteiger partial charge in [-0.1, -0.05) is 13.8 Å². The molecule has 1 unspecified atom stereocenters. The Morgan fingerprint density at radius 3 is 2.80 bits per heavy atom. The van der Waals surface area contributed by atoms with Crippen molar-refractivity contribution in [2.75, 3.05) is 39.5 Å². The number of H-pyrrole nitrogens is 1. The van der Waals surface area contributed by atoms with Gasteiger partial charge >= 0.3 is 0 Å². The Hall–Kier alpha value is -1.56. The number of anilines is 1. The van der Waals surface area contributed by atoms with Crippen LogP contribution in [0.3, 0.4) is 0 Å². The van der Waals surface area contributed by atoms with Gasteiger partial charge in [0.1, 0.15) is 0 Å². The minimum atomic E-state index is -0.0970. The predicted molar refractivity (Wildman–Crippen MR) is 79.7 cm³/mol. The summed E-state index contributed by atoms with van der Waals surface area (Å²) in [6.07, 6.45) is 1.14. The van der Waals surface area contributed by atoms with Crippen LogP contribution in [0.4, 0.5) is 5.69 Å². The summed E-state index contributed by atoms with van der Waals surface area (Å²) in [7, 11) is 3.94. The molecule has 1 atom stereocenters. The lowest BCUT2D eigenvalue weighted by molar-refractivity contribution is 0.0769. The lowest BCUT2D eigenvalue weighted by Gasteiger charge is -2.20. The van der Waals surface area contributed by atoms with Gasteiger partial charge in [0.25, 0.3) is 5.91 Å². The first-order valence-corrected chi connectivity index (χ1v) is 7.17.